The van der Waals surface area contributed by atoms with Crippen LogP contribution in [0.4, 0.5) is 4.39 Å². The van der Waals surface area contributed by atoms with Crippen LogP contribution in [0.1, 0.15) is 46.0 Å². The lowest BCUT2D eigenvalue weighted by Crippen LogP contribution is -2.41. The normalized spacial score (nSPS) is 19.6. The molecule has 0 saturated carbocycles. The van der Waals surface area contributed by atoms with E-state index in [1.165, 1.54) is 24.8 Å². The molecule has 2 heterocycles. The minimum Gasteiger partial charge on any atom is -0.400 e. The van der Waals surface area contributed by atoms with Crippen LogP contribution in [-0.2, 0) is 14.1 Å². The average molecular weight is 351 g/mol. The molecule has 4 nitrogen and oxygen atoms in total. The van der Waals surface area contributed by atoms with E-state index >= 15 is 0 Å². The Morgan fingerprint density at radius 3 is 2.38 bits per heavy atom. The zero-order valence-corrected chi connectivity index (χ0v) is 15.8. The maximum absolute atomic E-state index is 13.4. The smallest absolute Gasteiger partial charge is 0.400 e. The second kappa shape index (κ2) is 6.98. The molecule has 1 aliphatic heterocycles. The number of nitrogens with zero attached hydrogens (tertiary/aromatic N) is 1. The fourth-order valence-electron chi connectivity index (χ4n) is 2.19. The molecule has 0 bridgehead atoms. The van der Waals surface area contributed by atoms with Gasteiger partial charge in [-0.05, 0) is 58.3 Å². The largest absolute Gasteiger partial charge is 0.491 e. The van der Waals surface area contributed by atoms with Gasteiger partial charge in [0.15, 0.2) is 5.12 Å². The molecule has 0 N–H and O–H groups in total. The van der Waals surface area contributed by atoms with E-state index in [1.807, 2.05) is 33.8 Å². The van der Waals surface area contributed by atoms with Gasteiger partial charge in [-0.3, -0.25) is 9.78 Å². The number of halogens is 1. The van der Waals surface area contributed by atoms with Crippen LogP contribution >= 0.6 is 11.8 Å². The number of hydrogen-bond donors (Lipinski definition) is 0. The molecule has 2 rings (SSSR count). The molecule has 1 saturated heterocycles. The molecule has 0 aliphatic carbocycles. The Morgan fingerprint density at radius 2 is 1.88 bits per heavy atom. The fraction of sp³-hybridized carbons (Fsp3) is 0.529. The van der Waals surface area contributed by atoms with Crippen LogP contribution in [0.25, 0.3) is 6.08 Å². The Kier molecular flexibility index (Phi) is 5.57. The van der Waals surface area contributed by atoms with Crippen molar-refractivity contribution in [3.8, 4) is 0 Å². The Hall–Kier alpha value is -1.18. The molecule has 0 amide bonds. The van der Waals surface area contributed by atoms with Crippen molar-refractivity contribution in [2.24, 2.45) is 0 Å². The molecule has 1 aromatic heterocycles. The van der Waals surface area contributed by atoms with Gasteiger partial charge in [-0.15, -0.1) is 0 Å². The van der Waals surface area contributed by atoms with Crippen LogP contribution < -0.4 is 0 Å². The predicted molar refractivity (Wildman–Crippen MR) is 96.1 cm³/mol. The van der Waals surface area contributed by atoms with Crippen molar-refractivity contribution in [2.45, 2.75) is 52.7 Å². The number of carbonyl (C=O) groups is 1. The molecule has 1 aliphatic rings. The second-order valence-corrected chi connectivity index (χ2v) is 8.04. The SMILES string of the molecule is CC(=O)SCC(=Cc1ccc(F)c(C)n1)B1OC(C)(C)C(C)(C)O1. The Morgan fingerprint density at radius 1 is 1.29 bits per heavy atom. The summed E-state index contributed by atoms with van der Waals surface area (Å²) in [5, 5.41) is 0.0145. The molecule has 0 unspecified atom stereocenters. The summed E-state index contributed by atoms with van der Waals surface area (Å²) >= 11 is 1.18. The van der Waals surface area contributed by atoms with E-state index in [4.69, 9.17) is 9.31 Å². The lowest BCUT2D eigenvalue weighted by atomic mass is 9.78. The number of aryl methyl sites for hydroxylation is 1. The standard InChI is InChI=1S/C17H23BFNO3S/c1-11-15(19)8-7-14(20-11)9-13(10-24-12(2)21)18-22-16(3,4)17(5,6)23-18/h7-9H,10H2,1-6H3. The van der Waals surface area contributed by atoms with Crippen LogP contribution in [0.15, 0.2) is 17.6 Å². The quantitative estimate of drug-likeness (QED) is 0.772. The highest BCUT2D eigenvalue weighted by atomic mass is 32.2. The molecule has 0 radical (unpaired) electrons. The van der Waals surface area contributed by atoms with Crippen molar-refractivity contribution in [3.63, 3.8) is 0 Å². The van der Waals surface area contributed by atoms with Gasteiger partial charge in [-0.2, -0.15) is 0 Å². The molecule has 0 aromatic carbocycles. The molecule has 1 fully saturated rings. The maximum atomic E-state index is 13.4. The molecule has 24 heavy (non-hydrogen) atoms. The van der Waals surface area contributed by atoms with Crippen molar-refractivity contribution >= 4 is 30.1 Å². The molecule has 7 heteroatoms. The number of carbonyl (C=O) groups excluding carboxylic acids is 1. The number of pyridine rings is 1. The summed E-state index contributed by atoms with van der Waals surface area (Å²) in [6.45, 7) is 11.0. The van der Waals surface area contributed by atoms with Crippen LogP contribution in [0, 0.1) is 12.7 Å². The minimum atomic E-state index is -0.561. The van der Waals surface area contributed by atoms with Gasteiger partial charge >= 0.3 is 7.12 Å². The third-order valence-corrected chi connectivity index (χ3v) is 5.26. The lowest BCUT2D eigenvalue weighted by molar-refractivity contribution is -0.109. The van der Waals surface area contributed by atoms with Crippen LogP contribution in [-0.4, -0.2) is 34.2 Å². The number of thioether (sulfide) groups is 1. The molecule has 0 atom stereocenters. The monoisotopic (exact) mass is 351 g/mol. The third-order valence-electron chi connectivity index (χ3n) is 4.37. The zero-order valence-electron chi connectivity index (χ0n) is 15.0. The highest BCUT2D eigenvalue weighted by Crippen LogP contribution is 2.39. The van der Waals surface area contributed by atoms with Gasteiger partial charge in [0.2, 0.25) is 0 Å². The van der Waals surface area contributed by atoms with Crippen molar-refractivity contribution < 1.29 is 18.5 Å². The van der Waals surface area contributed by atoms with E-state index in [-0.39, 0.29) is 10.9 Å². The topological polar surface area (TPSA) is 48.4 Å². The Labute approximate surface area is 147 Å². The summed E-state index contributed by atoms with van der Waals surface area (Å²) in [6, 6.07) is 2.99. The summed E-state index contributed by atoms with van der Waals surface area (Å²) < 4.78 is 25.5. The van der Waals surface area contributed by atoms with E-state index in [1.54, 1.807) is 13.0 Å². The summed E-state index contributed by atoms with van der Waals surface area (Å²) in [5.41, 5.74) is 0.805. The first-order chi connectivity index (χ1) is 11.0. The molecule has 130 valence electrons. The van der Waals surface area contributed by atoms with E-state index in [2.05, 4.69) is 4.98 Å². The second-order valence-electron chi connectivity index (χ2n) is 6.89. The van der Waals surface area contributed by atoms with Crippen LogP contribution in [0.5, 0.6) is 0 Å². The first-order valence-corrected chi connectivity index (χ1v) is 8.83. The summed E-state index contributed by atoms with van der Waals surface area (Å²) in [5.74, 6) is 0.0898. The first kappa shape index (κ1) is 19.2. The van der Waals surface area contributed by atoms with Crippen LogP contribution in [0.3, 0.4) is 0 Å². The number of rotatable bonds is 4. The predicted octanol–water partition coefficient (Wildman–Crippen LogP) is 3.82. The van der Waals surface area contributed by atoms with Gasteiger partial charge in [0, 0.05) is 12.7 Å². The van der Waals surface area contributed by atoms with E-state index in [0.29, 0.717) is 17.1 Å². The molecule has 1 aromatic rings. The molecule has 0 spiro atoms. The third kappa shape index (κ3) is 4.26. The van der Waals surface area contributed by atoms with Gasteiger partial charge < -0.3 is 9.31 Å². The van der Waals surface area contributed by atoms with E-state index in [9.17, 15) is 9.18 Å². The van der Waals surface area contributed by atoms with Gasteiger partial charge in [-0.25, -0.2) is 4.39 Å². The summed E-state index contributed by atoms with van der Waals surface area (Å²) in [4.78, 5) is 15.6. The highest BCUT2D eigenvalue weighted by molar-refractivity contribution is 8.13. The van der Waals surface area contributed by atoms with E-state index < -0.39 is 18.3 Å². The van der Waals surface area contributed by atoms with Gasteiger partial charge in [-0.1, -0.05) is 11.8 Å². The van der Waals surface area contributed by atoms with Crippen molar-refractivity contribution in [1.82, 2.24) is 4.98 Å². The summed E-state index contributed by atoms with van der Waals surface area (Å²) in [7, 11) is -0.561. The maximum Gasteiger partial charge on any atom is 0.491 e. The highest BCUT2D eigenvalue weighted by Gasteiger charge is 2.52. The number of hydrogen-bond acceptors (Lipinski definition) is 5. The average Bonchev–Trinajstić information content (AvgIpc) is 2.67. The summed E-state index contributed by atoms with van der Waals surface area (Å²) in [6.07, 6.45) is 1.81. The van der Waals surface area contributed by atoms with Crippen molar-refractivity contribution in [2.75, 3.05) is 5.75 Å². The molecular weight excluding hydrogens is 328 g/mol. The van der Waals surface area contributed by atoms with Gasteiger partial charge in [0.25, 0.3) is 0 Å². The van der Waals surface area contributed by atoms with Crippen molar-refractivity contribution in [1.29, 1.82) is 0 Å². The minimum absolute atomic E-state index is 0.0145. The fourth-order valence-corrected chi connectivity index (χ4v) is 2.78. The van der Waals surface area contributed by atoms with E-state index in [0.717, 1.165) is 5.47 Å². The lowest BCUT2D eigenvalue weighted by Gasteiger charge is -2.32. The van der Waals surface area contributed by atoms with Crippen LogP contribution in [0.2, 0.25) is 0 Å². The van der Waals surface area contributed by atoms with Crippen molar-refractivity contribution in [3.05, 3.63) is 34.8 Å². The van der Waals surface area contributed by atoms with Gasteiger partial charge in [0.05, 0.1) is 22.6 Å². The van der Waals surface area contributed by atoms with Gasteiger partial charge in [0.1, 0.15) is 5.82 Å². The molecular formula is C17H23BFNO3S. The number of aromatic nitrogens is 1. The Bertz CT molecular complexity index is 660. The zero-order chi connectivity index (χ0) is 18.1. The Balaban J connectivity index is 2.33. The first-order valence-electron chi connectivity index (χ1n) is 7.84.